The van der Waals surface area contributed by atoms with Crippen molar-refractivity contribution in [3.05, 3.63) is 47.3 Å². The van der Waals surface area contributed by atoms with Gasteiger partial charge in [-0.1, -0.05) is 31.1 Å². The molecule has 0 saturated carbocycles. The number of halogens is 1. The number of nitrogens with zero attached hydrogens (tertiary/aromatic N) is 3. The van der Waals surface area contributed by atoms with Gasteiger partial charge in [0, 0.05) is 25.7 Å². The van der Waals surface area contributed by atoms with Crippen LogP contribution in [0.15, 0.2) is 44.7 Å². The fourth-order valence-electron chi connectivity index (χ4n) is 3.21. The molecule has 0 spiro atoms. The zero-order valence-electron chi connectivity index (χ0n) is 18.3. The molecule has 2 heterocycles. The van der Waals surface area contributed by atoms with Crippen LogP contribution in [0.25, 0.3) is 0 Å². The normalized spacial score (nSPS) is 15.2. The maximum atomic E-state index is 12.6. The molecular formula is C21H32IN5O3S. The molecule has 172 valence electrons. The van der Waals surface area contributed by atoms with Crippen LogP contribution in [0.5, 0.6) is 0 Å². The van der Waals surface area contributed by atoms with Crippen LogP contribution in [0.4, 0.5) is 0 Å². The second-order valence-corrected chi connectivity index (χ2v) is 9.61. The minimum atomic E-state index is -3.38. The number of benzene rings is 1. The average Bonchev–Trinajstić information content (AvgIpc) is 3.43. The largest absolute Gasteiger partial charge is 0.359 e. The van der Waals surface area contributed by atoms with Gasteiger partial charge >= 0.3 is 0 Å². The van der Waals surface area contributed by atoms with Crippen LogP contribution in [0.2, 0.25) is 0 Å². The zero-order chi connectivity index (χ0) is 21.6. The van der Waals surface area contributed by atoms with Crippen LogP contribution in [0.1, 0.15) is 56.5 Å². The van der Waals surface area contributed by atoms with E-state index < -0.39 is 10.0 Å². The molecule has 0 unspecified atom stereocenters. The number of sulfonamides is 1. The summed E-state index contributed by atoms with van der Waals surface area (Å²) in [7, 11) is -3.38. The molecule has 8 nitrogen and oxygen atoms in total. The van der Waals surface area contributed by atoms with Crippen molar-refractivity contribution in [2.75, 3.05) is 19.6 Å². The van der Waals surface area contributed by atoms with E-state index in [1.165, 1.54) is 0 Å². The maximum Gasteiger partial charge on any atom is 0.243 e. The number of nitrogens with one attached hydrogen (secondary N) is 2. The van der Waals surface area contributed by atoms with E-state index in [0.29, 0.717) is 43.0 Å². The Hall–Kier alpha value is -1.66. The van der Waals surface area contributed by atoms with E-state index in [0.717, 1.165) is 36.4 Å². The van der Waals surface area contributed by atoms with Crippen LogP contribution < -0.4 is 10.6 Å². The van der Waals surface area contributed by atoms with E-state index in [1.54, 1.807) is 16.4 Å². The molecule has 0 bridgehead atoms. The van der Waals surface area contributed by atoms with E-state index in [1.807, 2.05) is 25.1 Å². The Morgan fingerprint density at radius 2 is 1.87 bits per heavy atom. The third-order valence-corrected chi connectivity index (χ3v) is 6.90. The molecule has 1 aliphatic heterocycles. The topological polar surface area (TPSA) is 99.8 Å². The number of guanidine groups is 1. The molecule has 0 atom stereocenters. The third-order valence-electron chi connectivity index (χ3n) is 4.99. The van der Waals surface area contributed by atoms with Crippen molar-refractivity contribution in [2.24, 2.45) is 4.99 Å². The van der Waals surface area contributed by atoms with Crippen LogP contribution in [0.3, 0.4) is 0 Å². The van der Waals surface area contributed by atoms with Gasteiger partial charge in [-0.3, -0.25) is 0 Å². The smallest absolute Gasteiger partial charge is 0.243 e. The highest BCUT2D eigenvalue weighted by Gasteiger charge is 2.26. The van der Waals surface area contributed by atoms with Gasteiger partial charge < -0.3 is 15.2 Å². The SMILES string of the molecule is CCNC(=NCc1ccc(S(=O)(=O)N2CCCC2)cc1)NCc1cc(C(C)C)no1.I. The quantitative estimate of drug-likeness (QED) is 0.291. The molecule has 0 amide bonds. The molecule has 1 aromatic heterocycles. The standard InChI is InChI=1S/C21H31N5O3S.HI/c1-4-22-21(24-15-18-13-20(16(2)3)25-29-18)23-14-17-7-9-19(10-8-17)30(27,28)26-11-5-6-12-26;/h7-10,13,16H,4-6,11-12,14-15H2,1-3H3,(H2,22,23,24);1H. The van der Waals surface area contributed by atoms with Gasteiger partial charge in [-0.05, 0) is 43.4 Å². The molecule has 1 aromatic carbocycles. The number of aromatic nitrogens is 1. The lowest BCUT2D eigenvalue weighted by molar-refractivity contribution is 0.372. The molecule has 1 saturated heterocycles. The molecule has 10 heteroatoms. The minimum Gasteiger partial charge on any atom is -0.359 e. The van der Waals surface area contributed by atoms with Gasteiger partial charge in [0.25, 0.3) is 0 Å². The van der Waals surface area contributed by atoms with E-state index in [9.17, 15) is 8.42 Å². The first kappa shape index (κ1) is 25.6. The lowest BCUT2D eigenvalue weighted by atomic mass is 10.1. The monoisotopic (exact) mass is 561 g/mol. The molecule has 31 heavy (non-hydrogen) atoms. The third kappa shape index (κ3) is 6.91. The molecule has 2 N–H and O–H groups in total. The molecule has 3 rings (SSSR count). The Kier molecular flexibility index (Phi) is 9.76. The van der Waals surface area contributed by atoms with Crippen molar-refractivity contribution < 1.29 is 12.9 Å². The van der Waals surface area contributed by atoms with Gasteiger partial charge in [-0.15, -0.1) is 24.0 Å². The van der Waals surface area contributed by atoms with Crippen LogP contribution >= 0.6 is 24.0 Å². The van der Waals surface area contributed by atoms with E-state index in [-0.39, 0.29) is 24.0 Å². The summed E-state index contributed by atoms with van der Waals surface area (Å²) in [6.45, 7) is 9.01. The van der Waals surface area contributed by atoms with Gasteiger partial charge in [0.15, 0.2) is 11.7 Å². The first-order valence-corrected chi connectivity index (χ1v) is 11.9. The van der Waals surface area contributed by atoms with E-state index in [4.69, 9.17) is 4.52 Å². The van der Waals surface area contributed by atoms with Gasteiger partial charge in [0.05, 0.1) is 23.7 Å². The minimum absolute atomic E-state index is 0. The van der Waals surface area contributed by atoms with Crippen molar-refractivity contribution in [2.45, 2.75) is 57.5 Å². The second kappa shape index (κ2) is 11.8. The summed E-state index contributed by atoms with van der Waals surface area (Å²) in [5, 5.41) is 10.5. The highest BCUT2D eigenvalue weighted by atomic mass is 127. The lowest BCUT2D eigenvalue weighted by Gasteiger charge is -2.15. The zero-order valence-corrected chi connectivity index (χ0v) is 21.4. The Morgan fingerprint density at radius 3 is 2.45 bits per heavy atom. The first-order valence-electron chi connectivity index (χ1n) is 10.5. The van der Waals surface area contributed by atoms with Crippen LogP contribution in [-0.4, -0.2) is 43.5 Å². The average molecular weight is 561 g/mol. The van der Waals surface area contributed by atoms with Crippen molar-refractivity contribution in [3.63, 3.8) is 0 Å². The Morgan fingerprint density at radius 1 is 1.19 bits per heavy atom. The molecule has 1 fully saturated rings. The van der Waals surface area contributed by atoms with Crippen LogP contribution in [0, 0.1) is 0 Å². The predicted molar refractivity (Wildman–Crippen MR) is 132 cm³/mol. The highest BCUT2D eigenvalue weighted by Crippen LogP contribution is 2.21. The molecule has 0 aliphatic carbocycles. The summed E-state index contributed by atoms with van der Waals surface area (Å²) >= 11 is 0. The van der Waals surface area contributed by atoms with Gasteiger partial charge in [0.2, 0.25) is 10.0 Å². The summed E-state index contributed by atoms with van der Waals surface area (Å²) in [6.07, 6.45) is 1.86. The van der Waals surface area contributed by atoms with Crippen molar-refractivity contribution in [3.8, 4) is 0 Å². The van der Waals surface area contributed by atoms with Gasteiger partial charge in [0.1, 0.15) is 0 Å². The van der Waals surface area contributed by atoms with E-state index >= 15 is 0 Å². The second-order valence-electron chi connectivity index (χ2n) is 7.68. The summed E-state index contributed by atoms with van der Waals surface area (Å²) in [5.74, 6) is 1.73. The Labute approximate surface area is 201 Å². The van der Waals surface area contributed by atoms with Crippen molar-refractivity contribution in [1.82, 2.24) is 20.1 Å². The van der Waals surface area contributed by atoms with Gasteiger partial charge in [-0.25, -0.2) is 13.4 Å². The molecule has 0 radical (unpaired) electrons. The first-order chi connectivity index (χ1) is 14.4. The molecular weight excluding hydrogens is 529 g/mol. The summed E-state index contributed by atoms with van der Waals surface area (Å²) in [5.41, 5.74) is 1.87. The highest BCUT2D eigenvalue weighted by molar-refractivity contribution is 14.0. The summed E-state index contributed by atoms with van der Waals surface area (Å²) in [4.78, 5) is 4.92. The van der Waals surface area contributed by atoms with Gasteiger partial charge in [-0.2, -0.15) is 4.31 Å². The Bertz CT molecular complexity index is 952. The maximum absolute atomic E-state index is 12.6. The van der Waals surface area contributed by atoms with Crippen molar-refractivity contribution >= 4 is 40.0 Å². The fourth-order valence-corrected chi connectivity index (χ4v) is 4.73. The fraction of sp³-hybridized carbons (Fsp3) is 0.524. The van der Waals surface area contributed by atoms with Crippen molar-refractivity contribution in [1.29, 1.82) is 0 Å². The molecule has 2 aromatic rings. The molecule has 1 aliphatic rings. The lowest BCUT2D eigenvalue weighted by Crippen LogP contribution is -2.36. The van der Waals surface area contributed by atoms with E-state index in [2.05, 4.69) is 34.6 Å². The Balaban J connectivity index is 0.00000341. The summed E-state index contributed by atoms with van der Waals surface area (Å²) < 4.78 is 32.2. The number of hydrogen-bond donors (Lipinski definition) is 2. The van der Waals surface area contributed by atoms with Crippen LogP contribution in [-0.2, 0) is 23.1 Å². The number of hydrogen-bond acceptors (Lipinski definition) is 5. The number of aliphatic imine (C=N–C) groups is 1. The predicted octanol–water partition coefficient (Wildman–Crippen LogP) is 3.46. The summed E-state index contributed by atoms with van der Waals surface area (Å²) in [6, 6.07) is 8.92. The number of rotatable bonds is 8.